The summed E-state index contributed by atoms with van der Waals surface area (Å²) in [6.45, 7) is 3.95. The van der Waals surface area contributed by atoms with E-state index in [4.69, 9.17) is 9.47 Å². The van der Waals surface area contributed by atoms with Crippen molar-refractivity contribution in [1.82, 2.24) is 21.5 Å². The van der Waals surface area contributed by atoms with Crippen LogP contribution in [0.2, 0.25) is 0 Å². The first-order chi connectivity index (χ1) is 16.1. The quantitative estimate of drug-likeness (QED) is 0.405. The van der Waals surface area contributed by atoms with E-state index in [0.29, 0.717) is 23.7 Å². The van der Waals surface area contributed by atoms with Crippen molar-refractivity contribution in [2.75, 3.05) is 13.4 Å². The van der Waals surface area contributed by atoms with Crippen LogP contribution in [0.1, 0.15) is 51.5 Å². The van der Waals surface area contributed by atoms with Gasteiger partial charge in [0.05, 0.1) is 24.6 Å². The molecule has 0 spiro atoms. The normalized spacial score (nSPS) is 25.5. The molecule has 1 aliphatic carbocycles. The number of hydrogen-bond donors (Lipinski definition) is 4. The van der Waals surface area contributed by atoms with Crippen LogP contribution in [0.25, 0.3) is 0 Å². The van der Waals surface area contributed by atoms with Gasteiger partial charge < -0.3 is 20.1 Å². The van der Waals surface area contributed by atoms with Crippen LogP contribution in [0.15, 0.2) is 23.1 Å². The fourth-order valence-corrected chi connectivity index (χ4v) is 5.44. The Hall–Kier alpha value is -2.37. The van der Waals surface area contributed by atoms with Gasteiger partial charge >= 0.3 is 6.09 Å². The molecule has 34 heavy (non-hydrogen) atoms. The molecular weight excluding hydrogens is 460 g/mol. The Morgan fingerprint density at radius 3 is 2.65 bits per heavy atom. The van der Waals surface area contributed by atoms with E-state index in [9.17, 15) is 18.0 Å². The van der Waals surface area contributed by atoms with Gasteiger partial charge in [-0.2, -0.15) is 0 Å². The maximum absolute atomic E-state index is 12.6. The number of amides is 2. The van der Waals surface area contributed by atoms with E-state index in [1.165, 1.54) is 13.2 Å². The summed E-state index contributed by atoms with van der Waals surface area (Å²) in [6, 6.07) is 4.91. The van der Waals surface area contributed by atoms with Crippen molar-refractivity contribution >= 4 is 21.8 Å². The fraction of sp³-hybridized carbons (Fsp3) is 0.652. The predicted molar refractivity (Wildman–Crippen MR) is 127 cm³/mol. The van der Waals surface area contributed by atoms with Crippen LogP contribution in [-0.4, -0.2) is 58.1 Å². The number of alkyl carbamates (subject to hydrolysis) is 1. The lowest BCUT2D eigenvalue weighted by Gasteiger charge is -2.19. The Morgan fingerprint density at radius 2 is 1.97 bits per heavy atom. The van der Waals surface area contributed by atoms with Crippen molar-refractivity contribution in [1.29, 1.82) is 0 Å². The fourth-order valence-electron chi connectivity index (χ4n) is 4.49. The minimum atomic E-state index is -3.51. The van der Waals surface area contributed by atoms with E-state index in [1.54, 1.807) is 12.1 Å². The number of methoxy groups -OCH3 is 1. The van der Waals surface area contributed by atoms with Crippen LogP contribution >= 0.6 is 0 Å². The molecule has 190 valence electrons. The topological polar surface area (TPSA) is 135 Å². The summed E-state index contributed by atoms with van der Waals surface area (Å²) in [5, 5.41) is 5.75. The van der Waals surface area contributed by atoms with Gasteiger partial charge in [-0.05, 0) is 62.6 Å². The number of ether oxygens (including phenoxy) is 2. The van der Waals surface area contributed by atoms with Crippen LogP contribution in [0, 0.1) is 5.92 Å². The molecule has 2 aliphatic rings. The molecule has 5 atom stereocenters. The molecule has 10 nitrogen and oxygen atoms in total. The second kappa shape index (κ2) is 11.4. The van der Waals surface area contributed by atoms with Crippen molar-refractivity contribution in [3.63, 3.8) is 0 Å². The summed E-state index contributed by atoms with van der Waals surface area (Å²) in [4.78, 5) is 24.7. The largest absolute Gasteiger partial charge is 0.497 e. The minimum Gasteiger partial charge on any atom is -0.497 e. The Labute approximate surface area is 201 Å². The van der Waals surface area contributed by atoms with E-state index < -0.39 is 9.84 Å². The second-order valence-corrected chi connectivity index (χ2v) is 11.2. The van der Waals surface area contributed by atoms with E-state index in [-0.39, 0.29) is 47.7 Å². The van der Waals surface area contributed by atoms with Gasteiger partial charge in [0.25, 0.3) is 0 Å². The Kier molecular flexibility index (Phi) is 8.78. The number of sulfone groups is 1. The van der Waals surface area contributed by atoms with Crippen LogP contribution in [0.4, 0.5) is 4.79 Å². The average Bonchev–Trinajstić information content (AvgIpc) is 3.42. The molecule has 2 amide bonds. The molecule has 1 saturated heterocycles. The summed E-state index contributed by atoms with van der Waals surface area (Å²) >= 11 is 0. The molecule has 11 heteroatoms. The molecule has 1 heterocycles. The van der Waals surface area contributed by atoms with Crippen molar-refractivity contribution in [2.45, 2.75) is 81.6 Å². The number of hydrazine groups is 1. The van der Waals surface area contributed by atoms with Gasteiger partial charge in [-0.15, -0.1) is 0 Å². The van der Waals surface area contributed by atoms with Gasteiger partial charge in [0.2, 0.25) is 5.91 Å². The first-order valence-electron chi connectivity index (χ1n) is 11.7. The zero-order chi connectivity index (χ0) is 24.9. The Morgan fingerprint density at radius 1 is 1.21 bits per heavy atom. The molecule has 0 radical (unpaired) electrons. The first-order valence-corrected chi connectivity index (χ1v) is 13.6. The van der Waals surface area contributed by atoms with E-state index in [0.717, 1.165) is 31.9 Å². The van der Waals surface area contributed by atoms with Crippen molar-refractivity contribution in [3.05, 3.63) is 23.8 Å². The molecule has 4 N–H and O–H groups in total. The average molecular weight is 497 g/mol. The summed E-state index contributed by atoms with van der Waals surface area (Å²) in [6.07, 6.45) is 4.38. The van der Waals surface area contributed by atoms with Gasteiger partial charge in [0.15, 0.2) is 9.84 Å². The number of nitrogens with one attached hydrogen (secondary N) is 4. The SMILES string of the molecule is CC[C@H](C)NC(=O)O[C@@H]1CC[C@H](C2CC(NC(=O)Cc3ccc(OC)cc3S(C)(=O)=O)NN2)C1. The van der Waals surface area contributed by atoms with Crippen LogP contribution < -0.4 is 26.2 Å². The highest BCUT2D eigenvalue weighted by molar-refractivity contribution is 7.90. The second-order valence-electron chi connectivity index (χ2n) is 9.23. The number of rotatable bonds is 9. The Balaban J connectivity index is 1.49. The minimum absolute atomic E-state index is 0.0557. The molecule has 1 aromatic carbocycles. The summed E-state index contributed by atoms with van der Waals surface area (Å²) in [5.74, 6) is 0.476. The number of carbonyl (C=O) groups is 2. The van der Waals surface area contributed by atoms with Crippen LogP contribution in [-0.2, 0) is 25.8 Å². The van der Waals surface area contributed by atoms with E-state index in [1.807, 2.05) is 13.8 Å². The standard InChI is InChI=1S/C23H36N4O6S/c1-5-14(2)24-23(29)33-18-9-6-15(10-18)19-13-21(27-26-19)25-22(28)11-16-7-8-17(32-3)12-20(16)34(4,30)31/h7-8,12,14-15,18-19,21,26-27H,5-6,9-11,13H2,1-4H3,(H,24,29)(H,25,28)/t14-,15-,18+,19?,21?/m0/s1. The maximum atomic E-state index is 12.6. The zero-order valence-electron chi connectivity index (χ0n) is 20.2. The number of benzene rings is 1. The van der Waals surface area contributed by atoms with Crippen molar-refractivity contribution in [3.8, 4) is 5.75 Å². The summed E-state index contributed by atoms with van der Waals surface area (Å²) < 4.78 is 35.0. The highest BCUT2D eigenvalue weighted by Crippen LogP contribution is 2.33. The third-order valence-electron chi connectivity index (χ3n) is 6.54. The molecule has 1 saturated carbocycles. The van der Waals surface area contributed by atoms with E-state index >= 15 is 0 Å². The molecule has 3 rings (SSSR count). The lowest BCUT2D eigenvalue weighted by atomic mass is 9.96. The monoisotopic (exact) mass is 496 g/mol. The number of hydrogen-bond acceptors (Lipinski definition) is 8. The highest BCUT2D eigenvalue weighted by Gasteiger charge is 2.37. The van der Waals surface area contributed by atoms with Gasteiger partial charge in [-0.1, -0.05) is 13.0 Å². The van der Waals surface area contributed by atoms with Crippen molar-refractivity contribution < 1.29 is 27.5 Å². The first kappa shape index (κ1) is 26.2. The van der Waals surface area contributed by atoms with Crippen molar-refractivity contribution in [2.24, 2.45) is 5.92 Å². The van der Waals surface area contributed by atoms with E-state index in [2.05, 4.69) is 21.5 Å². The van der Waals surface area contributed by atoms with Crippen LogP contribution in [0.5, 0.6) is 5.75 Å². The molecule has 2 unspecified atom stereocenters. The molecular formula is C23H36N4O6S. The lowest BCUT2D eigenvalue weighted by molar-refractivity contribution is -0.121. The van der Waals surface area contributed by atoms with Gasteiger partial charge in [0.1, 0.15) is 11.9 Å². The lowest BCUT2D eigenvalue weighted by Crippen LogP contribution is -2.45. The molecule has 1 aromatic rings. The summed E-state index contributed by atoms with van der Waals surface area (Å²) in [7, 11) is -2.05. The Bertz CT molecular complexity index is 986. The molecule has 1 aliphatic heterocycles. The smallest absolute Gasteiger partial charge is 0.407 e. The van der Waals surface area contributed by atoms with Crippen LogP contribution in [0.3, 0.4) is 0 Å². The summed E-state index contributed by atoms with van der Waals surface area (Å²) in [5.41, 5.74) is 6.79. The number of carbonyl (C=O) groups excluding carboxylic acids is 2. The van der Waals surface area contributed by atoms with Gasteiger partial charge in [-0.3, -0.25) is 10.2 Å². The molecule has 0 aromatic heterocycles. The third kappa shape index (κ3) is 7.07. The third-order valence-corrected chi connectivity index (χ3v) is 7.72. The van der Waals surface area contributed by atoms with Gasteiger partial charge in [-0.25, -0.2) is 18.6 Å². The zero-order valence-corrected chi connectivity index (χ0v) is 21.0. The highest BCUT2D eigenvalue weighted by atomic mass is 32.2. The molecule has 2 fully saturated rings. The maximum Gasteiger partial charge on any atom is 0.407 e. The molecule has 0 bridgehead atoms. The van der Waals surface area contributed by atoms with Gasteiger partial charge in [0, 0.05) is 18.3 Å². The predicted octanol–water partition coefficient (Wildman–Crippen LogP) is 1.64.